The summed E-state index contributed by atoms with van der Waals surface area (Å²) >= 11 is 0. The molecule has 5 rings (SSSR count). The molecule has 1 heterocycles. The fourth-order valence-electron chi connectivity index (χ4n) is 3.78. The molecule has 0 aliphatic carbocycles. The van der Waals surface area contributed by atoms with Gasteiger partial charge < -0.3 is 0 Å². The molecular formula is C26H19N. The number of aryl methyl sites for hydroxylation is 1. The van der Waals surface area contributed by atoms with Crippen LogP contribution in [-0.2, 0) is 0 Å². The van der Waals surface area contributed by atoms with Crippen molar-refractivity contribution in [2.24, 2.45) is 0 Å². The molecule has 0 amide bonds. The minimum atomic E-state index is 1.04. The first-order valence-electron chi connectivity index (χ1n) is 9.23. The van der Waals surface area contributed by atoms with Gasteiger partial charge in [0.15, 0.2) is 0 Å². The average Bonchev–Trinajstić information content (AvgIpc) is 2.74. The second-order valence-electron chi connectivity index (χ2n) is 6.99. The topological polar surface area (TPSA) is 12.9 Å². The smallest absolute Gasteiger partial charge is 0.0780 e. The largest absolute Gasteiger partial charge is 0.256 e. The van der Waals surface area contributed by atoms with Crippen LogP contribution in [0.4, 0.5) is 0 Å². The molecule has 0 saturated heterocycles. The number of benzene rings is 4. The lowest BCUT2D eigenvalue weighted by Gasteiger charge is -2.10. The van der Waals surface area contributed by atoms with Gasteiger partial charge in [0.25, 0.3) is 0 Å². The van der Waals surface area contributed by atoms with Crippen LogP contribution in [0.2, 0.25) is 0 Å². The first-order chi connectivity index (χ1) is 13.3. The van der Waals surface area contributed by atoms with Gasteiger partial charge in [-0.05, 0) is 40.3 Å². The minimum absolute atomic E-state index is 1.04. The predicted octanol–water partition coefficient (Wildman–Crippen LogP) is 7.03. The van der Waals surface area contributed by atoms with Crippen molar-refractivity contribution >= 4 is 21.5 Å². The van der Waals surface area contributed by atoms with E-state index in [0.29, 0.717) is 0 Å². The van der Waals surface area contributed by atoms with Crippen LogP contribution in [0.15, 0.2) is 97.2 Å². The van der Waals surface area contributed by atoms with Crippen molar-refractivity contribution in [3.05, 3.63) is 103 Å². The van der Waals surface area contributed by atoms with E-state index in [4.69, 9.17) is 4.98 Å². The van der Waals surface area contributed by atoms with E-state index in [1.54, 1.807) is 0 Å². The van der Waals surface area contributed by atoms with Gasteiger partial charge in [0.05, 0.1) is 5.69 Å². The highest BCUT2D eigenvalue weighted by Gasteiger charge is 2.08. The van der Waals surface area contributed by atoms with Crippen LogP contribution in [0.25, 0.3) is 43.9 Å². The first-order valence-corrected chi connectivity index (χ1v) is 9.23. The molecule has 5 aromatic rings. The number of hydrogen-bond donors (Lipinski definition) is 0. The third kappa shape index (κ3) is 2.78. The van der Waals surface area contributed by atoms with E-state index in [9.17, 15) is 0 Å². The summed E-state index contributed by atoms with van der Waals surface area (Å²) in [5, 5.41) is 5.01. The van der Waals surface area contributed by atoms with E-state index in [0.717, 1.165) is 11.3 Å². The number of rotatable bonds is 2. The number of hydrogen-bond acceptors (Lipinski definition) is 1. The Hall–Kier alpha value is -3.45. The summed E-state index contributed by atoms with van der Waals surface area (Å²) < 4.78 is 0. The summed E-state index contributed by atoms with van der Waals surface area (Å²) in [5.41, 5.74) is 5.92. The fourth-order valence-corrected chi connectivity index (χ4v) is 3.78. The molecule has 0 unspecified atom stereocenters. The van der Waals surface area contributed by atoms with Crippen LogP contribution in [0, 0.1) is 6.92 Å². The highest BCUT2D eigenvalue weighted by molar-refractivity contribution is 6.11. The van der Waals surface area contributed by atoms with Gasteiger partial charge in [0.1, 0.15) is 0 Å². The summed E-state index contributed by atoms with van der Waals surface area (Å²) in [6.07, 6.45) is 1.92. The number of pyridine rings is 1. The van der Waals surface area contributed by atoms with Crippen LogP contribution >= 0.6 is 0 Å². The van der Waals surface area contributed by atoms with Crippen molar-refractivity contribution in [1.82, 2.24) is 4.98 Å². The zero-order valence-electron chi connectivity index (χ0n) is 15.2. The van der Waals surface area contributed by atoms with Crippen LogP contribution in [0.3, 0.4) is 0 Å². The number of fused-ring (bicyclic) bond motifs is 3. The SMILES string of the molecule is Cc1ccc2ccc3c(-c4ccc(-c5ccccc5)cc4)nccc3c2c1. The molecule has 0 bridgehead atoms. The van der Waals surface area contributed by atoms with Crippen LogP contribution in [0.1, 0.15) is 5.56 Å². The van der Waals surface area contributed by atoms with Gasteiger partial charge in [-0.2, -0.15) is 0 Å². The lowest BCUT2D eigenvalue weighted by molar-refractivity contribution is 1.36. The molecule has 0 N–H and O–H groups in total. The molecule has 128 valence electrons. The highest BCUT2D eigenvalue weighted by atomic mass is 14.7. The molecule has 0 atom stereocenters. The van der Waals surface area contributed by atoms with Gasteiger partial charge in [-0.3, -0.25) is 4.98 Å². The van der Waals surface area contributed by atoms with E-state index in [2.05, 4.69) is 91.9 Å². The second kappa shape index (κ2) is 6.37. The molecule has 0 radical (unpaired) electrons. The van der Waals surface area contributed by atoms with E-state index in [1.807, 2.05) is 12.3 Å². The lowest BCUT2D eigenvalue weighted by Crippen LogP contribution is -1.88. The van der Waals surface area contributed by atoms with E-state index < -0.39 is 0 Å². The molecule has 0 spiro atoms. The predicted molar refractivity (Wildman–Crippen MR) is 115 cm³/mol. The molecule has 1 heteroatoms. The van der Waals surface area contributed by atoms with E-state index in [-0.39, 0.29) is 0 Å². The quantitative estimate of drug-likeness (QED) is 0.313. The summed E-state index contributed by atoms with van der Waals surface area (Å²) in [5.74, 6) is 0. The Labute approximate surface area is 158 Å². The van der Waals surface area contributed by atoms with E-state index in [1.165, 1.54) is 38.2 Å². The van der Waals surface area contributed by atoms with Crippen molar-refractivity contribution in [3.8, 4) is 22.4 Å². The number of aromatic nitrogens is 1. The van der Waals surface area contributed by atoms with Gasteiger partial charge in [-0.1, -0.05) is 90.5 Å². The Bertz CT molecular complexity index is 1250. The Morgan fingerprint density at radius 3 is 2.07 bits per heavy atom. The first kappa shape index (κ1) is 15.8. The Morgan fingerprint density at radius 1 is 0.556 bits per heavy atom. The molecule has 1 aromatic heterocycles. The van der Waals surface area contributed by atoms with Gasteiger partial charge >= 0.3 is 0 Å². The summed E-state index contributed by atoms with van der Waals surface area (Å²) in [7, 11) is 0. The maximum Gasteiger partial charge on any atom is 0.0780 e. The van der Waals surface area contributed by atoms with Crippen LogP contribution in [-0.4, -0.2) is 4.98 Å². The molecule has 0 saturated carbocycles. The Balaban J connectivity index is 1.67. The Morgan fingerprint density at radius 2 is 1.26 bits per heavy atom. The molecular weight excluding hydrogens is 326 g/mol. The monoisotopic (exact) mass is 345 g/mol. The normalized spacial score (nSPS) is 11.1. The van der Waals surface area contributed by atoms with E-state index >= 15 is 0 Å². The minimum Gasteiger partial charge on any atom is -0.256 e. The van der Waals surface area contributed by atoms with Crippen molar-refractivity contribution in [2.45, 2.75) is 6.92 Å². The van der Waals surface area contributed by atoms with Crippen LogP contribution in [0.5, 0.6) is 0 Å². The molecule has 0 aliphatic rings. The maximum atomic E-state index is 4.71. The highest BCUT2D eigenvalue weighted by Crippen LogP contribution is 2.33. The zero-order chi connectivity index (χ0) is 18.2. The molecule has 4 aromatic carbocycles. The summed E-state index contributed by atoms with van der Waals surface area (Å²) in [6.45, 7) is 2.14. The van der Waals surface area contributed by atoms with Crippen LogP contribution < -0.4 is 0 Å². The standard InChI is InChI=1S/C26H19N/c1-18-7-8-21-13-14-24-23(25(21)17-18)15-16-27-26(24)22-11-9-20(10-12-22)19-5-3-2-4-6-19/h2-17H,1H3. The summed E-state index contributed by atoms with van der Waals surface area (Å²) in [6, 6.07) is 32.3. The molecule has 0 aliphatic heterocycles. The maximum absolute atomic E-state index is 4.71. The second-order valence-corrected chi connectivity index (χ2v) is 6.99. The van der Waals surface area contributed by atoms with Crippen molar-refractivity contribution in [3.63, 3.8) is 0 Å². The van der Waals surface area contributed by atoms with Gasteiger partial charge in [0, 0.05) is 17.1 Å². The third-order valence-corrected chi connectivity index (χ3v) is 5.18. The lowest BCUT2D eigenvalue weighted by atomic mass is 9.96. The van der Waals surface area contributed by atoms with Gasteiger partial charge in [-0.25, -0.2) is 0 Å². The van der Waals surface area contributed by atoms with Crippen molar-refractivity contribution < 1.29 is 0 Å². The fraction of sp³-hybridized carbons (Fsp3) is 0.0385. The molecule has 1 nitrogen and oxygen atoms in total. The third-order valence-electron chi connectivity index (χ3n) is 5.18. The average molecular weight is 345 g/mol. The van der Waals surface area contributed by atoms with Crippen molar-refractivity contribution in [2.75, 3.05) is 0 Å². The van der Waals surface area contributed by atoms with Crippen molar-refractivity contribution in [1.29, 1.82) is 0 Å². The summed E-state index contributed by atoms with van der Waals surface area (Å²) in [4.78, 5) is 4.71. The number of nitrogens with zero attached hydrogens (tertiary/aromatic N) is 1. The van der Waals surface area contributed by atoms with Gasteiger partial charge in [0.2, 0.25) is 0 Å². The molecule has 0 fully saturated rings. The Kier molecular flexibility index (Phi) is 3.72. The van der Waals surface area contributed by atoms with Gasteiger partial charge in [-0.15, -0.1) is 0 Å². The zero-order valence-corrected chi connectivity index (χ0v) is 15.2. The molecule has 27 heavy (non-hydrogen) atoms.